The fourth-order valence-corrected chi connectivity index (χ4v) is 4.30. The molecular formula is C14H15NO4S2. The molecule has 2 rings (SSSR count). The number of hydrogen-bond acceptors (Lipinski definition) is 4. The summed E-state index contributed by atoms with van der Waals surface area (Å²) in [5.41, 5.74) is 1.05. The Bertz CT molecular complexity index is 722. The third-order valence-corrected chi connectivity index (χ3v) is 6.32. The molecule has 0 radical (unpaired) electrons. The molecule has 0 saturated carbocycles. The Labute approximate surface area is 127 Å². The molecule has 0 spiro atoms. The van der Waals surface area contributed by atoms with E-state index in [2.05, 4.69) is 0 Å². The first-order valence-corrected chi connectivity index (χ1v) is 8.55. The van der Waals surface area contributed by atoms with Crippen LogP contribution in [0.25, 0.3) is 0 Å². The molecular weight excluding hydrogens is 310 g/mol. The zero-order valence-corrected chi connectivity index (χ0v) is 13.0. The molecule has 0 amide bonds. The zero-order valence-electron chi connectivity index (χ0n) is 11.4. The highest BCUT2D eigenvalue weighted by Gasteiger charge is 2.23. The number of benzene rings is 1. The van der Waals surface area contributed by atoms with Crippen molar-refractivity contribution in [1.82, 2.24) is 4.31 Å². The Balaban J connectivity index is 2.09. The molecule has 1 heterocycles. The van der Waals surface area contributed by atoms with Gasteiger partial charge in [-0.3, -0.25) is 0 Å². The Morgan fingerprint density at radius 1 is 1.29 bits per heavy atom. The van der Waals surface area contributed by atoms with E-state index in [1.54, 1.807) is 0 Å². The van der Waals surface area contributed by atoms with Crippen molar-refractivity contribution in [2.45, 2.75) is 10.6 Å². The van der Waals surface area contributed by atoms with Crippen LogP contribution in [0.1, 0.15) is 15.9 Å². The monoisotopic (exact) mass is 325 g/mol. The van der Waals surface area contributed by atoms with E-state index in [0.717, 1.165) is 16.9 Å². The van der Waals surface area contributed by atoms with Crippen LogP contribution in [0.3, 0.4) is 0 Å². The second-order valence-electron chi connectivity index (χ2n) is 4.52. The minimum absolute atomic E-state index is 0.00460. The number of aromatic carboxylic acids is 1. The zero-order chi connectivity index (χ0) is 15.5. The third kappa shape index (κ3) is 3.69. The smallest absolute Gasteiger partial charge is 0.336 e. The van der Waals surface area contributed by atoms with E-state index in [9.17, 15) is 13.2 Å². The van der Waals surface area contributed by atoms with Gasteiger partial charge in [0.2, 0.25) is 0 Å². The Morgan fingerprint density at radius 3 is 2.52 bits per heavy atom. The van der Waals surface area contributed by atoms with Crippen LogP contribution in [0, 0.1) is 0 Å². The van der Waals surface area contributed by atoms with E-state index in [1.807, 2.05) is 30.3 Å². The van der Waals surface area contributed by atoms with Crippen LogP contribution in [0.15, 0.2) is 46.0 Å². The van der Waals surface area contributed by atoms with Crippen molar-refractivity contribution < 1.29 is 18.3 Å². The number of thiophene rings is 1. The first kappa shape index (κ1) is 15.7. The van der Waals surface area contributed by atoms with Crippen molar-refractivity contribution in [2.24, 2.45) is 0 Å². The summed E-state index contributed by atoms with van der Waals surface area (Å²) < 4.78 is 26.0. The minimum Gasteiger partial charge on any atom is -0.478 e. The molecule has 7 heteroatoms. The summed E-state index contributed by atoms with van der Waals surface area (Å²) in [6.07, 6.45) is 0.605. The second-order valence-corrected chi connectivity index (χ2v) is 7.70. The number of sulfonamides is 1. The quantitative estimate of drug-likeness (QED) is 0.884. The van der Waals surface area contributed by atoms with Crippen LogP contribution in [-0.2, 0) is 16.4 Å². The van der Waals surface area contributed by atoms with E-state index in [0.29, 0.717) is 13.0 Å². The summed E-state index contributed by atoms with van der Waals surface area (Å²) in [6, 6.07) is 10.8. The van der Waals surface area contributed by atoms with E-state index < -0.39 is 16.0 Å². The van der Waals surface area contributed by atoms with E-state index in [1.165, 1.54) is 22.8 Å². The summed E-state index contributed by atoms with van der Waals surface area (Å²) >= 11 is 0.924. The molecule has 0 fully saturated rings. The predicted octanol–water partition coefficient (Wildman–Crippen LogP) is 2.31. The molecule has 112 valence electrons. The highest BCUT2D eigenvalue weighted by molar-refractivity contribution is 7.91. The topological polar surface area (TPSA) is 74.7 Å². The van der Waals surface area contributed by atoms with Gasteiger partial charge in [-0.1, -0.05) is 30.3 Å². The summed E-state index contributed by atoms with van der Waals surface area (Å²) in [4.78, 5) is 10.8. The van der Waals surface area contributed by atoms with Crippen molar-refractivity contribution >= 4 is 27.3 Å². The summed E-state index contributed by atoms with van der Waals surface area (Å²) in [5.74, 6) is -1.13. The lowest BCUT2D eigenvalue weighted by molar-refractivity contribution is 0.0697. The Morgan fingerprint density at radius 2 is 1.95 bits per heavy atom. The average molecular weight is 325 g/mol. The molecule has 1 aromatic heterocycles. The largest absolute Gasteiger partial charge is 0.478 e. The van der Waals surface area contributed by atoms with Crippen LogP contribution in [-0.4, -0.2) is 37.4 Å². The summed E-state index contributed by atoms with van der Waals surface area (Å²) in [7, 11) is -2.13. The first-order valence-electron chi connectivity index (χ1n) is 6.23. The van der Waals surface area contributed by atoms with Gasteiger partial charge in [0.1, 0.15) is 4.21 Å². The van der Waals surface area contributed by atoms with Crippen molar-refractivity contribution in [1.29, 1.82) is 0 Å². The molecule has 1 N–H and O–H groups in total. The Hall–Kier alpha value is -1.70. The lowest BCUT2D eigenvalue weighted by atomic mass is 10.2. The molecule has 1 aromatic carbocycles. The molecule has 2 aromatic rings. The number of carboxylic acids is 1. The molecule has 0 bridgehead atoms. The van der Waals surface area contributed by atoms with Gasteiger partial charge in [0, 0.05) is 19.0 Å². The van der Waals surface area contributed by atoms with Crippen molar-refractivity contribution in [3.63, 3.8) is 0 Å². The first-order chi connectivity index (χ1) is 9.91. The van der Waals surface area contributed by atoms with E-state index in [4.69, 9.17) is 5.11 Å². The second kappa shape index (κ2) is 6.38. The standard InChI is InChI=1S/C14H15NO4S2/c1-15(8-7-11-5-3-2-4-6-11)21(18,19)13-9-12(10-20-13)14(16)17/h2-6,9-10H,7-8H2,1H3,(H,16,17). The SMILES string of the molecule is CN(CCc1ccccc1)S(=O)(=O)c1cc(C(=O)O)cs1. The number of likely N-dealkylation sites (N-methyl/N-ethyl adjacent to an activating group) is 1. The molecule has 0 saturated heterocycles. The van der Waals surface area contributed by atoms with Gasteiger partial charge in [0.15, 0.2) is 0 Å². The van der Waals surface area contributed by atoms with Crippen LogP contribution in [0.4, 0.5) is 0 Å². The molecule has 0 aliphatic rings. The van der Waals surface area contributed by atoms with Crippen LogP contribution < -0.4 is 0 Å². The number of carboxylic acid groups (broad SMARTS) is 1. The summed E-state index contributed by atoms with van der Waals surface area (Å²) in [5, 5.41) is 10.2. The maximum Gasteiger partial charge on any atom is 0.336 e. The molecule has 5 nitrogen and oxygen atoms in total. The van der Waals surface area contributed by atoms with Crippen LogP contribution in [0.2, 0.25) is 0 Å². The van der Waals surface area contributed by atoms with Gasteiger partial charge < -0.3 is 5.11 Å². The molecule has 0 aliphatic heterocycles. The van der Waals surface area contributed by atoms with E-state index >= 15 is 0 Å². The molecule has 0 aliphatic carbocycles. The number of hydrogen-bond donors (Lipinski definition) is 1. The van der Waals surface area contributed by atoms with Gasteiger partial charge in [-0.15, -0.1) is 11.3 Å². The molecule has 21 heavy (non-hydrogen) atoms. The van der Waals surface area contributed by atoms with Gasteiger partial charge >= 0.3 is 5.97 Å². The number of carbonyl (C=O) groups is 1. The van der Waals surface area contributed by atoms with Gasteiger partial charge in [-0.05, 0) is 18.1 Å². The fraction of sp³-hybridized carbons (Fsp3) is 0.214. The summed E-state index contributed by atoms with van der Waals surface area (Å²) in [6.45, 7) is 0.340. The highest BCUT2D eigenvalue weighted by atomic mass is 32.2. The van der Waals surface area contributed by atoms with Gasteiger partial charge in [-0.25, -0.2) is 13.2 Å². The lowest BCUT2D eigenvalue weighted by Crippen LogP contribution is -2.28. The van der Waals surface area contributed by atoms with Gasteiger partial charge in [0.05, 0.1) is 5.56 Å². The normalized spacial score (nSPS) is 11.7. The van der Waals surface area contributed by atoms with E-state index in [-0.39, 0.29) is 9.77 Å². The number of nitrogens with zero attached hydrogens (tertiary/aromatic N) is 1. The highest BCUT2D eigenvalue weighted by Crippen LogP contribution is 2.23. The van der Waals surface area contributed by atoms with Gasteiger partial charge in [-0.2, -0.15) is 4.31 Å². The van der Waals surface area contributed by atoms with Crippen LogP contribution in [0.5, 0.6) is 0 Å². The molecule has 0 atom stereocenters. The molecule has 0 unspecified atom stereocenters. The average Bonchev–Trinajstić information content (AvgIpc) is 2.96. The fourth-order valence-electron chi connectivity index (χ4n) is 1.77. The van der Waals surface area contributed by atoms with Gasteiger partial charge in [0.25, 0.3) is 10.0 Å². The van der Waals surface area contributed by atoms with Crippen molar-refractivity contribution in [3.05, 3.63) is 52.9 Å². The third-order valence-electron chi connectivity index (χ3n) is 3.05. The Kier molecular flexibility index (Phi) is 4.76. The number of rotatable bonds is 6. The predicted molar refractivity (Wildman–Crippen MR) is 81.2 cm³/mol. The minimum atomic E-state index is -3.63. The maximum atomic E-state index is 12.3. The maximum absolute atomic E-state index is 12.3. The lowest BCUT2D eigenvalue weighted by Gasteiger charge is -2.15. The van der Waals surface area contributed by atoms with Crippen LogP contribution >= 0.6 is 11.3 Å². The van der Waals surface area contributed by atoms with Crippen molar-refractivity contribution in [2.75, 3.05) is 13.6 Å². The van der Waals surface area contributed by atoms with Crippen molar-refractivity contribution in [3.8, 4) is 0 Å².